The normalized spacial score (nSPS) is 25.5. The van der Waals surface area contributed by atoms with Crippen LogP contribution in [0.5, 0.6) is 11.8 Å². The van der Waals surface area contributed by atoms with Crippen molar-refractivity contribution in [3.63, 3.8) is 0 Å². The summed E-state index contributed by atoms with van der Waals surface area (Å²) in [7, 11) is 0. The first-order valence-electron chi connectivity index (χ1n) is 15.5. The van der Waals surface area contributed by atoms with Gasteiger partial charge in [-0.05, 0) is 37.4 Å². The van der Waals surface area contributed by atoms with E-state index in [1.165, 1.54) is 11.0 Å². The van der Waals surface area contributed by atoms with Gasteiger partial charge >= 0.3 is 6.01 Å². The van der Waals surface area contributed by atoms with Crippen LogP contribution < -0.4 is 20.1 Å². The van der Waals surface area contributed by atoms with Gasteiger partial charge < -0.3 is 24.8 Å². The first-order chi connectivity index (χ1) is 23.1. The lowest BCUT2D eigenvalue weighted by molar-refractivity contribution is 0.0811. The van der Waals surface area contributed by atoms with E-state index in [1.54, 1.807) is 0 Å². The van der Waals surface area contributed by atoms with E-state index in [-0.39, 0.29) is 91.5 Å². The molecule has 8 rings (SSSR count). The summed E-state index contributed by atoms with van der Waals surface area (Å²) < 4.78 is 93.9. The average Bonchev–Trinajstić information content (AvgIpc) is 3.82. The lowest BCUT2D eigenvalue weighted by Crippen LogP contribution is -2.50. The van der Waals surface area contributed by atoms with Crippen LogP contribution >= 0.6 is 22.9 Å². The zero-order chi connectivity index (χ0) is 33.5. The summed E-state index contributed by atoms with van der Waals surface area (Å²) in [6.07, 6.45) is -1.75. The number of hydrogen-bond acceptors (Lipinski definition) is 10. The van der Waals surface area contributed by atoms with Crippen LogP contribution in [0.2, 0.25) is 5.02 Å². The molecule has 48 heavy (non-hydrogen) atoms. The summed E-state index contributed by atoms with van der Waals surface area (Å²) in [5.41, 5.74) is 4.81. The standard InChI is InChI=1S/C32H28ClF5N6O3S/c33-23-21(16-2-3-18(35)27-20(16)17(9-39)29(40)48-27)24(36)25-22-26(23)46-12-19(28(37)38)44(15-4-7-45-11-15)30(22)42-31(41-25)47-13-32-5-1-6-43(32)10-14(34)8-32/h2-3,14-15,19,28H,1,4-8,10-13,40H2/t14-,15?,19-,32+/m1/s1. The minimum atomic E-state index is -2.91. The molecule has 6 heterocycles. The van der Waals surface area contributed by atoms with Gasteiger partial charge in [0, 0.05) is 30.5 Å². The second-order valence-electron chi connectivity index (χ2n) is 12.6. The summed E-state index contributed by atoms with van der Waals surface area (Å²) in [5.74, 6) is -1.86. The van der Waals surface area contributed by atoms with E-state index in [1.807, 2.05) is 11.0 Å². The lowest BCUT2D eigenvalue weighted by Gasteiger charge is -2.35. The van der Waals surface area contributed by atoms with Crippen LogP contribution in [0.25, 0.3) is 32.1 Å². The Labute approximate surface area is 279 Å². The monoisotopic (exact) mass is 706 g/mol. The van der Waals surface area contributed by atoms with Crippen LogP contribution in [0.1, 0.15) is 31.2 Å². The molecule has 0 amide bonds. The largest absolute Gasteiger partial charge is 0.489 e. The van der Waals surface area contributed by atoms with Crippen LogP contribution in [0.3, 0.4) is 0 Å². The number of rotatable bonds is 6. The van der Waals surface area contributed by atoms with E-state index >= 15 is 4.39 Å². The molecule has 4 aliphatic rings. The van der Waals surface area contributed by atoms with Gasteiger partial charge in [0.15, 0.2) is 11.6 Å². The molecular formula is C32H28ClF5N6O3S. The number of nitrogen functional groups attached to an aromatic ring is 1. The number of nitriles is 1. The molecule has 9 nitrogen and oxygen atoms in total. The minimum Gasteiger partial charge on any atom is -0.489 e. The fraction of sp³-hybridized carbons (Fsp3) is 0.469. The predicted octanol–water partition coefficient (Wildman–Crippen LogP) is 6.47. The number of alkyl halides is 3. The zero-order valence-electron chi connectivity index (χ0n) is 25.2. The molecule has 2 aromatic carbocycles. The summed E-state index contributed by atoms with van der Waals surface area (Å²) in [5, 5.41) is 9.63. The third kappa shape index (κ3) is 4.74. The molecule has 2 aromatic heterocycles. The summed E-state index contributed by atoms with van der Waals surface area (Å²) in [4.78, 5) is 12.5. The summed E-state index contributed by atoms with van der Waals surface area (Å²) in [6, 6.07) is 1.97. The van der Waals surface area contributed by atoms with Crippen LogP contribution in [0.15, 0.2) is 12.1 Å². The van der Waals surface area contributed by atoms with Crippen molar-refractivity contribution < 1.29 is 36.2 Å². The van der Waals surface area contributed by atoms with Gasteiger partial charge in [0.2, 0.25) is 0 Å². The molecule has 4 aromatic rings. The molecule has 0 saturated carbocycles. The molecule has 1 unspecified atom stereocenters. The van der Waals surface area contributed by atoms with Crippen LogP contribution in [-0.2, 0) is 4.74 Å². The smallest absolute Gasteiger partial charge is 0.319 e. The average molecular weight is 707 g/mol. The molecule has 252 valence electrons. The van der Waals surface area contributed by atoms with Crippen molar-refractivity contribution in [1.82, 2.24) is 14.9 Å². The van der Waals surface area contributed by atoms with Crippen LogP contribution in [0, 0.1) is 23.0 Å². The van der Waals surface area contributed by atoms with Gasteiger partial charge in [-0.3, -0.25) is 4.90 Å². The maximum absolute atomic E-state index is 17.1. The summed E-state index contributed by atoms with van der Waals surface area (Å²) >= 11 is 7.75. The van der Waals surface area contributed by atoms with Gasteiger partial charge in [-0.25, -0.2) is 22.0 Å². The number of anilines is 2. The molecule has 2 N–H and O–H groups in total. The number of fused-ring (bicyclic) bond motifs is 2. The van der Waals surface area contributed by atoms with Gasteiger partial charge in [0.05, 0.1) is 38.9 Å². The quantitative estimate of drug-likeness (QED) is 0.226. The highest BCUT2D eigenvalue weighted by Crippen LogP contribution is 2.52. The van der Waals surface area contributed by atoms with Crippen LogP contribution in [-0.4, -0.2) is 84.6 Å². The van der Waals surface area contributed by atoms with E-state index in [9.17, 15) is 22.8 Å². The number of hydrogen-bond donors (Lipinski definition) is 1. The van der Waals surface area contributed by atoms with E-state index in [4.69, 9.17) is 31.5 Å². The highest BCUT2D eigenvalue weighted by Gasteiger charge is 2.50. The number of nitrogens with zero attached hydrogens (tertiary/aromatic N) is 5. The number of thiophene rings is 1. The Morgan fingerprint density at radius 2 is 2.06 bits per heavy atom. The molecule has 3 saturated heterocycles. The third-order valence-corrected chi connectivity index (χ3v) is 11.4. The van der Waals surface area contributed by atoms with E-state index < -0.39 is 48.5 Å². The predicted molar refractivity (Wildman–Crippen MR) is 170 cm³/mol. The zero-order valence-corrected chi connectivity index (χ0v) is 26.8. The highest BCUT2D eigenvalue weighted by molar-refractivity contribution is 7.23. The third-order valence-electron chi connectivity index (χ3n) is 9.96. The number of aromatic nitrogens is 2. The molecule has 4 aliphatic heterocycles. The lowest BCUT2D eigenvalue weighted by atomic mass is 9.95. The molecule has 3 fully saturated rings. The second-order valence-corrected chi connectivity index (χ2v) is 14.1. The van der Waals surface area contributed by atoms with E-state index in [2.05, 4.69) is 9.97 Å². The number of nitrogens with two attached hydrogens (primary N) is 1. The van der Waals surface area contributed by atoms with Crippen molar-refractivity contribution in [3.8, 4) is 29.0 Å². The van der Waals surface area contributed by atoms with Gasteiger partial charge in [0.1, 0.15) is 53.6 Å². The Morgan fingerprint density at radius 1 is 1.23 bits per heavy atom. The maximum Gasteiger partial charge on any atom is 0.319 e. The van der Waals surface area contributed by atoms with Gasteiger partial charge in [-0.2, -0.15) is 15.2 Å². The number of ether oxygens (including phenoxy) is 3. The molecule has 4 atom stereocenters. The molecule has 0 aliphatic carbocycles. The van der Waals surface area contributed by atoms with Crippen LogP contribution in [0.4, 0.5) is 32.8 Å². The Kier molecular flexibility index (Phi) is 7.70. The Hall–Kier alpha value is -3.71. The molecule has 16 heteroatoms. The Balaban J connectivity index is 1.37. The second kappa shape index (κ2) is 11.7. The number of benzene rings is 2. The first kappa shape index (κ1) is 31.6. The van der Waals surface area contributed by atoms with Crippen molar-refractivity contribution in [2.24, 2.45) is 0 Å². The van der Waals surface area contributed by atoms with Crippen molar-refractivity contribution in [2.75, 3.05) is 50.2 Å². The molecule has 0 bridgehead atoms. The molecule has 0 spiro atoms. The van der Waals surface area contributed by atoms with E-state index in [0.717, 1.165) is 23.8 Å². The molecule has 0 radical (unpaired) electrons. The van der Waals surface area contributed by atoms with Gasteiger partial charge in [0.25, 0.3) is 6.43 Å². The minimum absolute atomic E-state index is 0.00684. The Morgan fingerprint density at radius 3 is 2.81 bits per heavy atom. The van der Waals surface area contributed by atoms with Gasteiger partial charge in [-0.1, -0.05) is 17.7 Å². The number of halogens is 6. The molecular weight excluding hydrogens is 679 g/mol. The van der Waals surface area contributed by atoms with Gasteiger partial charge in [-0.15, -0.1) is 11.3 Å². The van der Waals surface area contributed by atoms with Crippen molar-refractivity contribution in [2.45, 2.75) is 55.9 Å². The summed E-state index contributed by atoms with van der Waals surface area (Å²) in [6.45, 7) is 0.899. The maximum atomic E-state index is 17.1. The van der Waals surface area contributed by atoms with Crippen molar-refractivity contribution in [1.29, 1.82) is 5.26 Å². The SMILES string of the molecule is N#Cc1c(N)sc2c(F)ccc(-c3c(Cl)c4c5c(nc(OC[C@@]67CCCN6C[C@H](F)C7)nc5c3F)N(C3CCOC3)[C@@H](C(F)F)CO4)c12. The first-order valence-corrected chi connectivity index (χ1v) is 16.7. The van der Waals surface area contributed by atoms with Crippen molar-refractivity contribution in [3.05, 3.63) is 34.4 Å². The highest BCUT2D eigenvalue weighted by atomic mass is 35.5. The topological polar surface area (TPSA) is 110 Å². The van der Waals surface area contributed by atoms with Crippen molar-refractivity contribution >= 4 is 54.7 Å². The fourth-order valence-corrected chi connectivity index (χ4v) is 9.08. The Bertz CT molecular complexity index is 2010. The van der Waals surface area contributed by atoms with E-state index in [0.29, 0.717) is 26.0 Å². The fourth-order valence-electron chi connectivity index (χ4n) is 7.80.